The second-order valence-corrected chi connectivity index (χ2v) is 20.1. The van der Waals surface area contributed by atoms with E-state index in [1.807, 2.05) is 41.5 Å². The number of nitrogens with two attached hydrogens (primary N) is 1. The van der Waals surface area contributed by atoms with E-state index in [4.69, 9.17) is 19.9 Å². The van der Waals surface area contributed by atoms with Gasteiger partial charge in [-0.1, -0.05) is 65.0 Å². The molecule has 0 heterocycles. The molecule has 0 spiro atoms. The minimum atomic E-state index is -1.18. The first-order chi connectivity index (χ1) is 24.3. The molecule has 0 aliphatic heterocycles. The van der Waals surface area contributed by atoms with Gasteiger partial charge < -0.3 is 25.1 Å². The second kappa shape index (κ2) is 18.0. The van der Waals surface area contributed by atoms with Crippen LogP contribution in [0.1, 0.15) is 166 Å². The third-order valence-electron chi connectivity index (χ3n) is 13.4. The van der Waals surface area contributed by atoms with Gasteiger partial charge in [0.15, 0.2) is 6.29 Å². The standard InChI is InChI=1S/C44H78N2O6/c1-30(2)15-11-12-16-31-19-21-35-34-20-18-32-27-33(22-24-44(32,10)36(34)23-25-43(31,35)9)50-40(49)37(17-13-14-26-45)46(28-38(47)51-41(3,4)5)29-39(48)52-42(6,7)8/h18,30-31,33-37,40,49H,11-17,19-29,45H2,1-10H3/t31-,33-,34?,35?,36?,37-,40?,43+,44-/m0/s1. The van der Waals surface area contributed by atoms with Gasteiger partial charge in [0, 0.05) is 0 Å². The molecule has 8 nitrogen and oxygen atoms in total. The molecular formula is C44H78N2O6. The Labute approximate surface area is 317 Å². The molecule has 0 aromatic heterocycles. The van der Waals surface area contributed by atoms with Gasteiger partial charge in [0.05, 0.1) is 25.2 Å². The molecule has 0 aromatic carbocycles. The second-order valence-electron chi connectivity index (χ2n) is 20.1. The first-order valence-corrected chi connectivity index (χ1v) is 21.2. The molecule has 0 saturated heterocycles. The number of aliphatic hydroxyl groups is 1. The minimum Gasteiger partial charge on any atom is -0.459 e. The number of rotatable bonds is 17. The zero-order valence-corrected chi connectivity index (χ0v) is 34.9. The maximum absolute atomic E-state index is 13.1. The summed E-state index contributed by atoms with van der Waals surface area (Å²) in [5.41, 5.74) is 6.69. The van der Waals surface area contributed by atoms with Gasteiger partial charge in [0.1, 0.15) is 11.2 Å². The Morgan fingerprint density at radius 3 is 2.12 bits per heavy atom. The molecular weight excluding hydrogens is 652 g/mol. The maximum atomic E-state index is 13.1. The number of esters is 2. The fourth-order valence-corrected chi connectivity index (χ4v) is 10.9. The van der Waals surface area contributed by atoms with E-state index in [1.54, 1.807) is 4.90 Å². The molecule has 9 atom stereocenters. The van der Waals surface area contributed by atoms with Crippen molar-refractivity contribution in [3.8, 4) is 0 Å². The normalized spacial score (nSPS) is 31.7. The van der Waals surface area contributed by atoms with Crippen molar-refractivity contribution in [1.29, 1.82) is 0 Å². The molecule has 3 saturated carbocycles. The summed E-state index contributed by atoms with van der Waals surface area (Å²) < 4.78 is 17.9. The summed E-state index contributed by atoms with van der Waals surface area (Å²) in [6.07, 6.45) is 18.3. The molecule has 4 aliphatic carbocycles. The molecule has 8 heteroatoms. The van der Waals surface area contributed by atoms with Crippen LogP contribution in [0.4, 0.5) is 0 Å². The van der Waals surface area contributed by atoms with Crippen LogP contribution in [0.25, 0.3) is 0 Å². The average Bonchev–Trinajstić information content (AvgIpc) is 3.35. The van der Waals surface area contributed by atoms with Crippen molar-refractivity contribution in [1.82, 2.24) is 4.90 Å². The van der Waals surface area contributed by atoms with Crippen molar-refractivity contribution in [2.24, 2.45) is 46.2 Å². The number of unbranched alkanes of at least 4 members (excludes halogenated alkanes) is 2. The predicted molar refractivity (Wildman–Crippen MR) is 209 cm³/mol. The molecule has 3 fully saturated rings. The topological polar surface area (TPSA) is 111 Å². The Morgan fingerprint density at radius 1 is 0.885 bits per heavy atom. The lowest BCUT2D eigenvalue weighted by Gasteiger charge is -2.58. The molecule has 4 aliphatic rings. The van der Waals surface area contributed by atoms with Crippen molar-refractivity contribution < 1.29 is 28.9 Å². The van der Waals surface area contributed by atoms with Gasteiger partial charge in [0.2, 0.25) is 0 Å². The van der Waals surface area contributed by atoms with Gasteiger partial charge in [-0.25, -0.2) is 0 Å². The van der Waals surface area contributed by atoms with E-state index in [-0.39, 0.29) is 24.6 Å². The minimum absolute atomic E-state index is 0.122. The van der Waals surface area contributed by atoms with E-state index >= 15 is 0 Å². The zero-order valence-electron chi connectivity index (χ0n) is 34.9. The number of carbonyl (C=O) groups is 2. The Morgan fingerprint density at radius 2 is 1.52 bits per heavy atom. The van der Waals surface area contributed by atoms with Gasteiger partial charge in [-0.2, -0.15) is 0 Å². The number of nitrogens with zero attached hydrogens (tertiary/aromatic N) is 1. The highest BCUT2D eigenvalue weighted by atomic mass is 16.6. The fraction of sp³-hybridized carbons (Fsp3) is 0.909. The van der Waals surface area contributed by atoms with Gasteiger partial charge in [-0.05, 0) is 159 Å². The number of allylic oxidation sites excluding steroid dienone is 1. The van der Waals surface area contributed by atoms with Crippen molar-refractivity contribution in [3.63, 3.8) is 0 Å². The summed E-state index contributed by atoms with van der Waals surface area (Å²) >= 11 is 0. The van der Waals surface area contributed by atoms with Crippen LogP contribution in [0.2, 0.25) is 0 Å². The van der Waals surface area contributed by atoms with E-state index in [0.717, 1.165) is 61.7 Å². The van der Waals surface area contributed by atoms with Gasteiger partial charge in [-0.3, -0.25) is 14.5 Å². The van der Waals surface area contributed by atoms with E-state index < -0.39 is 35.5 Å². The SMILES string of the molecule is CC(C)CCCC[C@H]1CCC2C3CC=C4C[C@@H](OC(O)[C@H](CCCCN)N(CC(=O)OC(C)(C)C)CC(=O)OC(C)(C)C)CC[C@]4(C)C3CC[C@@]21C. The van der Waals surface area contributed by atoms with Gasteiger partial charge >= 0.3 is 11.9 Å². The van der Waals surface area contributed by atoms with Crippen LogP contribution in [0.15, 0.2) is 11.6 Å². The third-order valence-corrected chi connectivity index (χ3v) is 13.4. The highest BCUT2D eigenvalue weighted by Crippen LogP contribution is 2.67. The smallest absolute Gasteiger partial charge is 0.320 e. The molecule has 300 valence electrons. The number of aliphatic hydroxyl groups excluding tert-OH is 1. The van der Waals surface area contributed by atoms with E-state index in [9.17, 15) is 14.7 Å². The monoisotopic (exact) mass is 731 g/mol. The van der Waals surface area contributed by atoms with E-state index in [2.05, 4.69) is 33.8 Å². The predicted octanol–water partition coefficient (Wildman–Crippen LogP) is 8.97. The van der Waals surface area contributed by atoms with E-state index in [1.165, 1.54) is 63.4 Å². The molecule has 0 bridgehead atoms. The molecule has 0 radical (unpaired) electrons. The Balaban J connectivity index is 1.45. The summed E-state index contributed by atoms with van der Waals surface area (Å²) in [7, 11) is 0. The van der Waals surface area contributed by atoms with Crippen LogP contribution in [0, 0.1) is 40.4 Å². The van der Waals surface area contributed by atoms with Crippen molar-refractivity contribution in [2.75, 3.05) is 19.6 Å². The summed E-state index contributed by atoms with van der Waals surface area (Å²) in [4.78, 5) is 27.9. The third kappa shape index (κ3) is 11.3. The lowest BCUT2D eigenvalue weighted by atomic mass is 9.47. The fourth-order valence-electron chi connectivity index (χ4n) is 10.9. The summed E-state index contributed by atoms with van der Waals surface area (Å²) in [6, 6.07) is -0.596. The Bertz CT molecular complexity index is 1170. The van der Waals surface area contributed by atoms with E-state index in [0.29, 0.717) is 18.4 Å². The molecule has 52 heavy (non-hydrogen) atoms. The van der Waals surface area contributed by atoms with Crippen LogP contribution in [0.3, 0.4) is 0 Å². The zero-order chi connectivity index (χ0) is 38.5. The highest BCUT2D eigenvalue weighted by Gasteiger charge is 2.58. The highest BCUT2D eigenvalue weighted by molar-refractivity contribution is 5.75. The van der Waals surface area contributed by atoms with Crippen LogP contribution < -0.4 is 5.73 Å². The molecule has 3 N–H and O–H groups in total. The number of hydrogen-bond acceptors (Lipinski definition) is 8. The molecule has 0 aromatic rings. The van der Waals surface area contributed by atoms with Gasteiger partial charge in [0.25, 0.3) is 0 Å². The molecule has 4 rings (SSSR count). The number of carbonyl (C=O) groups excluding carboxylic acids is 2. The Hall–Kier alpha value is -1.48. The molecule has 4 unspecified atom stereocenters. The number of ether oxygens (including phenoxy) is 3. The Kier molecular flexibility index (Phi) is 15.0. The summed E-state index contributed by atoms with van der Waals surface area (Å²) in [5, 5.41) is 11.8. The van der Waals surface area contributed by atoms with Crippen LogP contribution >= 0.6 is 0 Å². The number of hydrogen-bond donors (Lipinski definition) is 2. The summed E-state index contributed by atoms with van der Waals surface area (Å²) in [6.45, 7) is 21.0. The number of fused-ring (bicyclic) bond motifs is 5. The maximum Gasteiger partial charge on any atom is 0.320 e. The lowest BCUT2D eigenvalue weighted by molar-refractivity contribution is -0.190. The largest absolute Gasteiger partial charge is 0.459 e. The van der Waals surface area contributed by atoms with Crippen molar-refractivity contribution in [3.05, 3.63) is 11.6 Å². The lowest BCUT2D eigenvalue weighted by Crippen LogP contribution is -2.53. The first kappa shape index (κ1) is 43.3. The van der Waals surface area contributed by atoms with Gasteiger partial charge in [-0.15, -0.1) is 0 Å². The van der Waals surface area contributed by atoms with Crippen molar-refractivity contribution in [2.45, 2.75) is 195 Å². The van der Waals surface area contributed by atoms with Crippen LogP contribution in [-0.4, -0.2) is 71.2 Å². The van der Waals surface area contributed by atoms with Crippen LogP contribution in [0.5, 0.6) is 0 Å². The average molecular weight is 731 g/mol. The summed E-state index contributed by atoms with van der Waals surface area (Å²) in [5.74, 6) is 3.12. The first-order valence-electron chi connectivity index (χ1n) is 21.2. The molecule has 0 amide bonds. The van der Waals surface area contributed by atoms with Crippen molar-refractivity contribution >= 4 is 11.9 Å². The van der Waals surface area contributed by atoms with Crippen LogP contribution in [-0.2, 0) is 23.8 Å². The quantitative estimate of drug-likeness (QED) is 0.0661.